The quantitative estimate of drug-likeness (QED) is 0.540. The summed E-state index contributed by atoms with van der Waals surface area (Å²) in [7, 11) is -1.73. The number of ether oxygens (including phenoxy) is 1. The van der Waals surface area contributed by atoms with Crippen LogP contribution in [0.25, 0.3) is 0 Å². The van der Waals surface area contributed by atoms with Gasteiger partial charge in [-0.25, -0.2) is 0 Å². The van der Waals surface area contributed by atoms with E-state index < -0.39 is 8.32 Å². The molecule has 114 valence electrons. The molecule has 0 saturated heterocycles. The summed E-state index contributed by atoms with van der Waals surface area (Å²) >= 11 is 6.92. The molecular weight excluding hydrogens is 400 g/mol. The van der Waals surface area contributed by atoms with Gasteiger partial charge in [0.05, 0.1) is 6.10 Å². The van der Waals surface area contributed by atoms with Gasteiger partial charge in [0, 0.05) is 8.95 Å². The van der Waals surface area contributed by atoms with Crippen molar-refractivity contribution in [1.29, 1.82) is 0 Å². The average Bonchev–Trinajstić information content (AvgIpc) is 2.22. The monoisotopic (exact) mass is 422 g/mol. The fourth-order valence-electron chi connectivity index (χ4n) is 1.54. The molecule has 0 aliphatic carbocycles. The van der Waals surface area contributed by atoms with Gasteiger partial charge >= 0.3 is 0 Å². The first-order valence-corrected chi connectivity index (χ1v) is 11.3. The Balaban J connectivity index is 2.57. The van der Waals surface area contributed by atoms with E-state index in [1.54, 1.807) is 0 Å². The number of halogens is 2. The largest absolute Gasteiger partial charge is 0.491 e. The second-order valence-electron chi connectivity index (χ2n) is 6.60. The first kappa shape index (κ1) is 18.2. The van der Waals surface area contributed by atoms with Crippen LogP contribution < -0.4 is 4.74 Å². The Morgan fingerprint density at radius 1 is 1.10 bits per heavy atom. The van der Waals surface area contributed by atoms with E-state index in [1.165, 1.54) is 0 Å². The highest BCUT2D eigenvalue weighted by molar-refractivity contribution is 9.11. The van der Waals surface area contributed by atoms with Crippen LogP contribution in [0.4, 0.5) is 0 Å². The Bertz CT molecular complexity index is 435. The van der Waals surface area contributed by atoms with E-state index in [1.807, 2.05) is 18.2 Å². The highest BCUT2D eigenvalue weighted by Gasteiger charge is 2.38. The fraction of sp³-hybridized carbons (Fsp3) is 0.600. The second kappa shape index (κ2) is 6.94. The Labute approximate surface area is 140 Å². The maximum Gasteiger partial charge on any atom is 0.192 e. The van der Waals surface area contributed by atoms with E-state index in [0.29, 0.717) is 6.61 Å². The lowest BCUT2D eigenvalue weighted by Crippen LogP contribution is -2.44. The third-order valence-electron chi connectivity index (χ3n) is 3.62. The van der Waals surface area contributed by atoms with Gasteiger partial charge in [-0.1, -0.05) is 52.6 Å². The maximum atomic E-state index is 6.27. The zero-order chi connectivity index (χ0) is 15.6. The van der Waals surface area contributed by atoms with Gasteiger partial charge in [0.15, 0.2) is 8.32 Å². The minimum Gasteiger partial charge on any atom is -0.491 e. The summed E-state index contributed by atoms with van der Waals surface area (Å²) in [6, 6.07) is 5.91. The first-order chi connectivity index (χ1) is 9.01. The molecule has 0 amide bonds. The minimum atomic E-state index is -1.73. The normalized spacial score (nSPS) is 14.2. The van der Waals surface area contributed by atoms with Gasteiger partial charge in [-0.05, 0) is 43.3 Å². The Hall–Kier alpha value is 0.157. The lowest BCUT2D eigenvalue weighted by atomic mass is 10.2. The lowest BCUT2D eigenvalue weighted by molar-refractivity contribution is 0.129. The third-order valence-corrected chi connectivity index (χ3v) is 9.14. The van der Waals surface area contributed by atoms with Crippen LogP contribution in [-0.4, -0.2) is 21.0 Å². The molecule has 0 aliphatic heterocycles. The van der Waals surface area contributed by atoms with Crippen LogP contribution in [0, 0.1) is 0 Å². The van der Waals surface area contributed by atoms with E-state index in [4.69, 9.17) is 9.16 Å². The Kier molecular flexibility index (Phi) is 6.32. The zero-order valence-corrected chi connectivity index (χ0v) is 17.3. The summed E-state index contributed by atoms with van der Waals surface area (Å²) in [6.07, 6.45) is 0.0913. The highest BCUT2D eigenvalue weighted by Crippen LogP contribution is 2.37. The molecule has 0 spiro atoms. The average molecular weight is 424 g/mol. The van der Waals surface area contributed by atoms with Crippen LogP contribution in [0.2, 0.25) is 18.1 Å². The summed E-state index contributed by atoms with van der Waals surface area (Å²) in [5.74, 6) is 0.844. The van der Waals surface area contributed by atoms with Crippen molar-refractivity contribution < 1.29 is 9.16 Å². The van der Waals surface area contributed by atoms with Crippen molar-refractivity contribution >= 4 is 40.2 Å². The van der Waals surface area contributed by atoms with Crippen LogP contribution in [0.15, 0.2) is 27.1 Å². The summed E-state index contributed by atoms with van der Waals surface area (Å²) < 4.78 is 14.1. The molecule has 1 atom stereocenters. The van der Waals surface area contributed by atoms with Crippen molar-refractivity contribution in [1.82, 2.24) is 0 Å². The van der Waals surface area contributed by atoms with E-state index in [-0.39, 0.29) is 11.1 Å². The first-order valence-electron chi connectivity index (χ1n) is 6.78. The number of hydrogen-bond acceptors (Lipinski definition) is 2. The van der Waals surface area contributed by atoms with Crippen LogP contribution in [0.3, 0.4) is 0 Å². The molecule has 0 N–H and O–H groups in total. The minimum absolute atomic E-state index is 0.0913. The molecule has 1 aromatic carbocycles. The summed E-state index contributed by atoms with van der Waals surface area (Å²) in [5, 5.41) is 0.222. The predicted molar refractivity (Wildman–Crippen MR) is 95.1 cm³/mol. The van der Waals surface area contributed by atoms with Crippen molar-refractivity contribution in [3.63, 3.8) is 0 Å². The second-order valence-corrected chi connectivity index (χ2v) is 13.2. The number of rotatable bonds is 5. The molecule has 2 nitrogen and oxygen atoms in total. The van der Waals surface area contributed by atoms with E-state index >= 15 is 0 Å². The maximum absolute atomic E-state index is 6.27. The molecule has 1 aromatic rings. The summed E-state index contributed by atoms with van der Waals surface area (Å²) in [4.78, 5) is 0. The van der Waals surface area contributed by atoms with Gasteiger partial charge in [0.2, 0.25) is 0 Å². The van der Waals surface area contributed by atoms with Crippen molar-refractivity contribution in [2.24, 2.45) is 0 Å². The highest BCUT2D eigenvalue weighted by atomic mass is 79.9. The fourth-order valence-corrected chi connectivity index (χ4v) is 4.22. The van der Waals surface area contributed by atoms with Crippen molar-refractivity contribution in [2.45, 2.75) is 51.9 Å². The topological polar surface area (TPSA) is 18.5 Å². The van der Waals surface area contributed by atoms with Gasteiger partial charge in [0.1, 0.15) is 12.4 Å². The standard InChI is InChI=1S/C15H24Br2O2Si/c1-11(19-20(5,6)15(2,3)4)10-18-14-8-12(16)7-13(17)9-14/h7-9,11H,10H2,1-6H3/t11-/m0/s1. The van der Waals surface area contributed by atoms with E-state index in [2.05, 4.69) is 72.6 Å². The SMILES string of the molecule is C[C@@H](COc1cc(Br)cc(Br)c1)O[Si](C)(C)C(C)(C)C. The molecule has 0 heterocycles. The smallest absolute Gasteiger partial charge is 0.192 e. The molecule has 0 aliphatic rings. The summed E-state index contributed by atoms with van der Waals surface area (Å²) in [5.41, 5.74) is 0. The number of benzene rings is 1. The van der Waals surface area contributed by atoms with E-state index in [9.17, 15) is 0 Å². The molecule has 5 heteroatoms. The van der Waals surface area contributed by atoms with Crippen molar-refractivity contribution in [3.05, 3.63) is 27.1 Å². The van der Waals surface area contributed by atoms with Gasteiger partial charge in [-0.15, -0.1) is 0 Å². The number of hydrogen-bond donors (Lipinski definition) is 0. The predicted octanol–water partition coefficient (Wildman–Crippen LogP) is 6.00. The Morgan fingerprint density at radius 2 is 1.60 bits per heavy atom. The van der Waals surface area contributed by atoms with Gasteiger partial charge in [0.25, 0.3) is 0 Å². The molecule has 0 aromatic heterocycles. The Morgan fingerprint density at radius 3 is 2.05 bits per heavy atom. The molecule has 20 heavy (non-hydrogen) atoms. The molecule has 0 radical (unpaired) electrons. The van der Waals surface area contributed by atoms with E-state index in [0.717, 1.165) is 14.7 Å². The van der Waals surface area contributed by atoms with Crippen LogP contribution in [-0.2, 0) is 4.43 Å². The molecule has 1 rings (SSSR count). The van der Waals surface area contributed by atoms with Gasteiger partial charge in [-0.3, -0.25) is 0 Å². The third kappa shape index (κ3) is 5.51. The van der Waals surface area contributed by atoms with Crippen molar-refractivity contribution in [2.75, 3.05) is 6.61 Å². The van der Waals surface area contributed by atoms with Gasteiger partial charge < -0.3 is 9.16 Å². The zero-order valence-electron chi connectivity index (χ0n) is 13.1. The van der Waals surface area contributed by atoms with Crippen molar-refractivity contribution in [3.8, 4) is 5.75 Å². The molecule has 0 unspecified atom stereocenters. The van der Waals surface area contributed by atoms with Gasteiger partial charge in [-0.2, -0.15) is 0 Å². The lowest BCUT2D eigenvalue weighted by Gasteiger charge is -2.38. The summed E-state index contributed by atoms with van der Waals surface area (Å²) in [6.45, 7) is 13.9. The molecular formula is C15H24Br2O2Si. The molecule has 0 fully saturated rings. The molecule has 0 bridgehead atoms. The van der Waals surface area contributed by atoms with Crippen LogP contribution in [0.5, 0.6) is 5.75 Å². The molecule has 0 saturated carbocycles. The van der Waals surface area contributed by atoms with Crippen LogP contribution in [0.1, 0.15) is 27.7 Å². The van der Waals surface area contributed by atoms with Crippen LogP contribution >= 0.6 is 31.9 Å².